The maximum Gasteiger partial charge on any atom is 0.416 e. The minimum atomic E-state index is -4.48. The monoisotopic (exact) mass is 419 g/mol. The van der Waals surface area contributed by atoms with Crippen LogP contribution in [-0.4, -0.2) is 24.4 Å². The summed E-state index contributed by atoms with van der Waals surface area (Å²) in [7, 11) is 0. The first-order valence-corrected chi connectivity index (χ1v) is 9.93. The summed E-state index contributed by atoms with van der Waals surface area (Å²) in [5.41, 5.74) is 0.0651. The highest BCUT2D eigenvalue weighted by Crippen LogP contribution is 2.30. The molecular formula is C22H24F3N3O2. The van der Waals surface area contributed by atoms with Crippen molar-refractivity contribution < 1.29 is 22.8 Å². The molecule has 3 rings (SSSR count). The molecule has 0 heterocycles. The lowest BCUT2D eigenvalue weighted by molar-refractivity contribution is -0.137. The molecule has 0 spiro atoms. The van der Waals surface area contributed by atoms with E-state index in [2.05, 4.69) is 16.0 Å². The van der Waals surface area contributed by atoms with Crippen molar-refractivity contribution in [3.8, 4) is 0 Å². The van der Waals surface area contributed by atoms with Gasteiger partial charge in [0.1, 0.15) is 0 Å². The van der Waals surface area contributed by atoms with Crippen molar-refractivity contribution in [2.45, 2.75) is 44.3 Å². The van der Waals surface area contributed by atoms with Crippen LogP contribution in [0.1, 0.15) is 48.0 Å². The maximum absolute atomic E-state index is 12.8. The largest absolute Gasteiger partial charge is 0.416 e. The third-order valence-corrected chi connectivity index (χ3v) is 5.00. The molecule has 0 radical (unpaired) electrons. The Morgan fingerprint density at radius 3 is 2.37 bits per heavy atom. The SMILES string of the molecule is O=C(CNc1cccc(C(=O)Nc2cccc(C(F)(F)F)c2)c1)NC1CCCCC1. The van der Waals surface area contributed by atoms with E-state index in [4.69, 9.17) is 0 Å². The van der Waals surface area contributed by atoms with Crippen molar-refractivity contribution in [3.63, 3.8) is 0 Å². The Labute approximate surface area is 173 Å². The normalized spacial score (nSPS) is 14.8. The van der Waals surface area contributed by atoms with Gasteiger partial charge >= 0.3 is 6.18 Å². The molecule has 8 heteroatoms. The van der Waals surface area contributed by atoms with E-state index in [-0.39, 0.29) is 29.7 Å². The second-order valence-corrected chi connectivity index (χ2v) is 7.37. The van der Waals surface area contributed by atoms with Crippen molar-refractivity contribution in [1.29, 1.82) is 0 Å². The van der Waals surface area contributed by atoms with Crippen LogP contribution in [-0.2, 0) is 11.0 Å². The Kier molecular flexibility index (Phi) is 6.97. The summed E-state index contributed by atoms with van der Waals surface area (Å²) in [4.78, 5) is 24.5. The number of alkyl halides is 3. The zero-order chi connectivity index (χ0) is 21.6. The average Bonchev–Trinajstić information content (AvgIpc) is 2.73. The van der Waals surface area contributed by atoms with Gasteiger partial charge in [0.25, 0.3) is 5.91 Å². The zero-order valence-corrected chi connectivity index (χ0v) is 16.4. The van der Waals surface area contributed by atoms with Gasteiger partial charge in [0, 0.05) is 23.0 Å². The summed E-state index contributed by atoms with van der Waals surface area (Å²) in [5.74, 6) is -0.648. The topological polar surface area (TPSA) is 70.2 Å². The van der Waals surface area contributed by atoms with Crippen molar-refractivity contribution in [1.82, 2.24) is 5.32 Å². The summed E-state index contributed by atoms with van der Waals surface area (Å²) in [5, 5.41) is 8.46. The number of amides is 2. The number of hydrogen-bond donors (Lipinski definition) is 3. The summed E-state index contributed by atoms with van der Waals surface area (Å²) < 4.78 is 38.5. The number of carbonyl (C=O) groups is 2. The molecule has 0 aliphatic heterocycles. The van der Waals surface area contributed by atoms with E-state index in [1.54, 1.807) is 24.3 Å². The van der Waals surface area contributed by atoms with E-state index in [0.717, 1.165) is 37.8 Å². The predicted octanol–water partition coefficient (Wildman–Crippen LogP) is 4.82. The van der Waals surface area contributed by atoms with Crippen molar-refractivity contribution in [2.75, 3.05) is 17.2 Å². The van der Waals surface area contributed by atoms with E-state index in [1.165, 1.54) is 18.6 Å². The smallest absolute Gasteiger partial charge is 0.376 e. The number of carbonyl (C=O) groups excluding carboxylic acids is 2. The van der Waals surface area contributed by atoms with Crippen molar-refractivity contribution in [3.05, 3.63) is 59.7 Å². The minimum Gasteiger partial charge on any atom is -0.376 e. The Morgan fingerprint density at radius 1 is 0.933 bits per heavy atom. The van der Waals surface area contributed by atoms with Gasteiger partial charge in [-0.15, -0.1) is 0 Å². The van der Waals surface area contributed by atoms with E-state index < -0.39 is 17.6 Å². The molecule has 1 fully saturated rings. The average molecular weight is 419 g/mol. The second-order valence-electron chi connectivity index (χ2n) is 7.37. The fourth-order valence-corrected chi connectivity index (χ4v) is 3.45. The summed E-state index contributed by atoms with van der Waals surface area (Å²) in [6, 6.07) is 11.1. The Balaban J connectivity index is 1.56. The molecule has 5 nitrogen and oxygen atoms in total. The molecule has 0 bridgehead atoms. The van der Waals surface area contributed by atoms with E-state index in [1.807, 2.05) is 0 Å². The number of halogens is 3. The number of hydrogen-bond acceptors (Lipinski definition) is 3. The molecule has 3 N–H and O–H groups in total. The van der Waals surface area contributed by atoms with Crippen molar-refractivity contribution >= 4 is 23.2 Å². The lowest BCUT2D eigenvalue weighted by Crippen LogP contribution is -2.39. The lowest BCUT2D eigenvalue weighted by atomic mass is 9.95. The molecule has 1 aliphatic rings. The van der Waals surface area contributed by atoms with E-state index >= 15 is 0 Å². The van der Waals surface area contributed by atoms with Gasteiger partial charge in [0.05, 0.1) is 12.1 Å². The molecule has 160 valence electrons. The van der Waals surface area contributed by atoms with Crippen LogP contribution in [0.25, 0.3) is 0 Å². The Bertz CT molecular complexity index is 893. The van der Waals surface area contributed by atoms with Crippen LogP contribution >= 0.6 is 0 Å². The molecule has 0 saturated heterocycles. The Morgan fingerprint density at radius 2 is 1.63 bits per heavy atom. The Hall–Kier alpha value is -3.03. The first-order valence-electron chi connectivity index (χ1n) is 9.93. The quantitative estimate of drug-likeness (QED) is 0.629. The van der Waals surface area contributed by atoms with Crippen LogP contribution in [0.4, 0.5) is 24.5 Å². The van der Waals surface area contributed by atoms with Crippen LogP contribution in [0.2, 0.25) is 0 Å². The molecule has 0 atom stereocenters. The maximum atomic E-state index is 12.8. The van der Waals surface area contributed by atoms with Gasteiger partial charge in [-0.05, 0) is 49.2 Å². The zero-order valence-electron chi connectivity index (χ0n) is 16.4. The molecule has 30 heavy (non-hydrogen) atoms. The van der Waals surface area contributed by atoms with Crippen LogP contribution in [0.15, 0.2) is 48.5 Å². The summed E-state index contributed by atoms with van der Waals surface area (Å²) in [6.45, 7) is 0.0786. The number of benzene rings is 2. The highest BCUT2D eigenvalue weighted by atomic mass is 19.4. The third kappa shape index (κ3) is 6.23. The number of rotatable bonds is 6. The molecular weight excluding hydrogens is 395 g/mol. The van der Waals surface area contributed by atoms with Crippen LogP contribution < -0.4 is 16.0 Å². The first-order chi connectivity index (χ1) is 14.3. The van der Waals surface area contributed by atoms with Gasteiger partial charge < -0.3 is 16.0 Å². The van der Waals surface area contributed by atoms with Crippen LogP contribution in [0, 0.1) is 0 Å². The van der Waals surface area contributed by atoms with Crippen LogP contribution in [0.3, 0.4) is 0 Å². The number of nitrogens with one attached hydrogen (secondary N) is 3. The summed E-state index contributed by atoms with van der Waals surface area (Å²) in [6.07, 6.45) is 0.972. The summed E-state index contributed by atoms with van der Waals surface area (Å²) >= 11 is 0. The molecule has 0 aromatic heterocycles. The lowest BCUT2D eigenvalue weighted by Gasteiger charge is -2.22. The highest BCUT2D eigenvalue weighted by Gasteiger charge is 2.30. The molecule has 2 aromatic rings. The molecule has 1 aliphatic carbocycles. The molecule has 0 unspecified atom stereocenters. The third-order valence-electron chi connectivity index (χ3n) is 5.00. The standard InChI is InChI=1S/C22H24F3N3O2/c23-22(24,25)16-7-5-11-19(13-16)28-21(30)15-6-4-10-18(12-15)26-14-20(29)27-17-8-2-1-3-9-17/h4-7,10-13,17,26H,1-3,8-9,14H2,(H,27,29)(H,28,30). The minimum absolute atomic E-state index is 0.0556. The van der Waals surface area contributed by atoms with E-state index in [0.29, 0.717) is 5.69 Å². The number of anilines is 2. The van der Waals surface area contributed by atoms with Gasteiger partial charge in [-0.1, -0.05) is 31.4 Å². The van der Waals surface area contributed by atoms with Gasteiger partial charge in [-0.3, -0.25) is 9.59 Å². The fraction of sp³-hybridized carbons (Fsp3) is 0.364. The molecule has 1 saturated carbocycles. The fourth-order valence-electron chi connectivity index (χ4n) is 3.45. The molecule has 2 amide bonds. The van der Waals surface area contributed by atoms with Crippen LogP contribution in [0.5, 0.6) is 0 Å². The highest BCUT2D eigenvalue weighted by molar-refractivity contribution is 6.04. The van der Waals surface area contributed by atoms with Gasteiger partial charge in [-0.25, -0.2) is 0 Å². The van der Waals surface area contributed by atoms with Gasteiger partial charge in [-0.2, -0.15) is 13.2 Å². The second kappa shape index (κ2) is 9.65. The van der Waals surface area contributed by atoms with Gasteiger partial charge in [0.2, 0.25) is 5.91 Å². The predicted molar refractivity (Wildman–Crippen MR) is 109 cm³/mol. The molecule has 2 aromatic carbocycles. The first kappa shape index (κ1) is 21.7. The van der Waals surface area contributed by atoms with Gasteiger partial charge in [0.15, 0.2) is 0 Å². The van der Waals surface area contributed by atoms with Crippen molar-refractivity contribution in [2.24, 2.45) is 0 Å². The van der Waals surface area contributed by atoms with E-state index in [9.17, 15) is 22.8 Å².